The Morgan fingerprint density at radius 1 is 1.29 bits per heavy atom. The zero-order valence-corrected chi connectivity index (χ0v) is 11.7. The van der Waals surface area contributed by atoms with E-state index in [0.29, 0.717) is 11.4 Å². The maximum atomic E-state index is 12.2. The molecular formula is C15H14N4O2. The van der Waals surface area contributed by atoms with Crippen molar-refractivity contribution >= 4 is 22.5 Å². The van der Waals surface area contributed by atoms with Crippen LogP contribution in [0.3, 0.4) is 0 Å². The lowest BCUT2D eigenvalue weighted by atomic mass is 10.2. The van der Waals surface area contributed by atoms with Crippen LogP contribution in [0.2, 0.25) is 0 Å². The van der Waals surface area contributed by atoms with E-state index in [4.69, 9.17) is 4.74 Å². The zero-order chi connectivity index (χ0) is 14.8. The van der Waals surface area contributed by atoms with Crippen LogP contribution in [0.4, 0.5) is 5.69 Å². The number of carbonyl (C=O) groups excluding carboxylic acids is 1. The van der Waals surface area contributed by atoms with Crippen molar-refractivity contribution in [3.8, 4) is 5.75 Å². The molecular weight excluding hydrogens is 268 g/mol. The number of hydrogen-bond donors (Lipinski definition) is 1. The van der Waals surface area contributed by atoms with Crippen molar-refractivity contribution in [2.75, 3.05) is 12.4 Å². The second-order valence-electron chi connectivity index (χ2n) is 4.61. The summed E-state index contributed by atoms with van der Waals surface area (Å²) >= 11 is 0. The molecule has 0 saturated heterocycles. The molecule has 1 amide bonds. The molecule has 6 nitrogen and oxygen atoms in total. The minimum absolute atomic E-state index is 0.263. The molecule has 106 valence electrons. The van der Waals surface area contributed by atoms with Gasteiger partial charge in [-0.3, -0.25) is 9.48 Å². The third kappa shape index (κ3) is 2.69. The lowest BCUT2D eigenvalue weighted by molar-refractivity contribution is 0.102. The van der Waals surface area contributed by atoms with Gasteiger partial charge in [0.2, 0.25) is 0 Å². The quantitative estimate of drug-likeness (QED) is 0.799. The zero-order valence-electron chi connectivity index (χ0n) is 11.7. The average molecular weight is 282 g/mol. The Morgan fingerprint density at radius 3 is 2.86 bits per heavy atom. The molecule has 0 aliphatic heterocycles. The standard InChI is InChI=1S/C15H14N4O2/c1-19-9-11(8-16-19)17-15(20)14-5-3-10-7-12(21-2)4-6-13(10)18-14/h3-9H,1-2H3,(H,17,20). The van der Waals surface area contributed by atoms with E-state index in [0.717, 1.165) is 16.7 Å². The first-order chi connectivity index (χ1) is 10.2. The van der Waals surface area contributed by atoms with Crippen LogP contribution in [0.1, 0.15) is 10.5 Å². The summed E-state index contributed by atoms with van der Waals surface area (Å²) < 4.78 is 6.79. The van der Waals surface area contributed by atoms with Gasteiger partial charge in [0, 0.05) is 18.6 Å². The highest BCUT2D eigenvalue weighted by Crippen LogP contribution is 2.19. The second-order valence-corrected chi connectivity index (χ2v) is 4.61. The fraction of sp³-hybridized carbons (Fsp3) is 0.133. The maximum absolute atomic E-state index is 12.2. The van der Waals surface area contributed by atoms with Crippen molar-refractivity contribution in [2.24, 2.45) is 7.05 Å². The summed E-state index contributed by atoms with van der Waals surface area (Å²) in [5.74, 6) is 0.498. The molecule has 0 aliphatic rings. The number of benzene rings is 1. The summed E-state index contributed by atoms with van der Waals surface area (Å²) in [4.78, 5) is 16.5. The van der Waals surface area contributed by atoms with Crippen LogP contribution < -0.4 is 10.1 Å². The van der Waals surface area contributed by atoms with E-state index >= 15 is 0 Å². The van der Waals surface area contributed by atoms with E-state index in [9.17, 15) is 4.79 Å². The summed E-state index contributed by atoms with van der Waals surface area (Å²) in [6, 6.07) is 9.06. The molecule has 1 aromatic carbocycles. The van der Waals surface area contributed by atoms with E-state index in [1.807, 2.05) is 24.3 Å². The summed E-state index contributed by atoms with van der Waals surface area (Å²) in [5.41, 5.74) is 1.74. The predicted molar refractivity (Wildman–Crippen MR) is 79.5 cm³/mol. The van der Waals surface area contributed by atoms with E-state index in [2.05, 4.69) is 15.4 Å². The highest BCUT2D eigenvalue weighted by Gasteiger charge is 2.10. The number of amides is 1. The molecule has 2 aromatic heterocycles. The van der Waals surface area contributed by atoms with Crippen LogP contribution in [-0.4, -0.2) is 27.8 Å². The van der Waals surface area contributed by atoms with Crippen molar-refractivity contribution in [2.45, 2.75) is 0 Å². The number of methoxy groups -OCH3 is 1. The smallest absolute Gasteiger partial charge is 0.274 e. The van der Waals surface area contributed by atoms with Gasteiger partial charge in [-0.1, -0.05) is 6.07 Å². The number of carbonyl (C=O) groups is 1. The molecule has 0 atom stereocenters. The molecule has 0 spiro atoms. The molecule has 3 rings (SSSR count). The molecule has 6 heteroatoms. The van der Waals surface area contributed by atoms with Gasteiger partial charge in [-0.2, -0.15) is 5.10 Å². The van der Waals surface area contributed by atoms with E-state index in [-0.39, 0.29) is 5.91 Å². The topological polar surface area (TPSA) is 69.0 Å². The highest BCUT2D eigenvalue weighted by atomic mass is 16.5. The number of hydrogen-bond acceptors (Lipinski definition) is 4. The monoisotopic (exact) mass is 282 g/mol. The van der Waals surface area contributed by atoms with Gasteiger partial charge in [-0.05, 0) is 24.3 Å². The van der Waals surface area contributed by atoms with Gasteiger partial charge in [-0.25, -0.2) is 4.98 Å². The first-order valence-electron chi connectivity index (χ1n) is 6.40. The Kier molecular flexibility index (Phi) is 3.27. The maximum Gasteiger partial charge on any atom is 0.274 e. The van der Waals surface area contributed by atoms with Crippen molar-refractivity contribution < 1.29 is 9.53 Å². The summed E-state index contributed by atoms with van der Waals surface area (Å²) in [6.07, 6.45) is 3.31. The summed E-state index contributed by atoms with van der Waals surface area (Å²) in [7, 11) is 3.40. The lowest BCUT2D eigenvalue weighted by Gasteiger charge is -2.05. The van der Waals surface area contributed by atoms with E-state index < -0.39 is 0 Å². The van der Waals surface area contributed by atoms with Crippen molar-refractivity contribution in [3.05, 3.63) is 48.4 Å². The molecule has 0 unspecified atom stereocenters. The Bertz CT molecular complexity index is 810. The van der Waals surface area contributed by atoms with Gasteiger partial charge in [0.15, 0.2) is 0 Å². The number of aryl methyl sites for hydroxylation is 1. The molecule has 21 heavy (non-hydrogen) atoms. The predicted octanol–water partition coefficient (Wildman–Crippen LogP) is 2.23. The van der Waals surface area contributed by atoms with E-state index in [1.54, 1.807) is 37.3 Å². The average Bonchev–Trinajstić information content (AvgIpc) is 2.91. The summed E-state index contributed by atoms with van der Waals surface area (Å²) in [5, 5.41) is 7.68. The Morgan fingerprint density at radius 2 is 2.14 bits per heavy atom. The van der Waals surface area contributed by atoms with Crippen LogP contribution in [0.25, 0.3) is 10.9 Å². The number of anilines is 1. The van der Waals surface area contributed by atoms with E-state index in [1.165, 1.54) is 0 Å². The SMILES string of the molecule is COc1ccc2nc(C(=O)Nc3cnn(C)c3)ccc2c1. The summed E-state index contributed by atoms with van der Waals surface area (Å²) in [6.45, 7) is 0. The number of fused-ring (bicyclic) bond motifs is 1. The fourth-order valence-corrected chi connectivity index (χ4v) is 2.04. The molecule has 2 heterocycles. The molecule has 0 radical (unpaired) electrons. The molecule has 0 bridgehead atoms. The van der Waals surface area contributed by atoms with Crippen LogP contribution >= 0.6 is 0 Å². The minimum Gasteiger partial charge on any atom is -0.497 e. The Labute approximate surface area is 121 Å². The second kappa shape index (κ2) is 5.24. The van der Waals surface area contributed by atoms with Gasteiger partial charge in [0.1, 0.15) is 11.4 Å². The number of aromatic nitrogens is 3. The van der Waals surface area contributed by atoms with Crippen molar-refractivity contribution in [1.82, 2.24) is 14.8 Å². The minimum atomic E-state index is -0.263. The van der Waals surface area contributed by atoms with Crippen LogP contribution in [-0.2, 0) is 7.05 Å². The van der Waals surface area contributed by atoms with Crippen molar-refractivity contribution in [3.63, 3.8) is 0 Å². The molecule has 0 aliphatic carbocycles. The van der Waals surface area contributed by atoms with Gasteiger partial charge < -0.3 is 10.1 Å². The van der Waals surface area contributed by atoms with Gasteiger partial charge in [-0.15, -0.1) is 0 Å². The first-order valence-corrected chi connectivity index (χ1v) is 6.40. The Balaban J connectivity index is 1.88. The lowest BCUT2D eigenvalue weighted by Crippen LogP contribution is -2.13. The third-order valence-electron chi connectivity index (χ3n) is 3.09. The van der Waals surface area contributed by atoms with Gasteiger partial charge >= 0.3 is 0 Å². The normalized spacial score (nSPS) is 10.6. The first kappa shape index (κ1) is 13.1. The number of nitrogens with one attached hydrogen (secondary N) is 1. The largest absolute Gasteiger partial charge is 0.497 e. The number of pyridine rings is 1. The van der Waals surface area contributed by atoms with Crippen LogP contribution in [0.5, 0.6) is 5.75 Å². The fourth-order valence-electron chi connectivity index (χ4n) is 2.04. The van der Waals surface area contributed by atoms with Crippen molar-refractivity contribution in [1.29, 1.82) is 0 Å². The van der Waals surface area contributed by atoms with Gasteiger partial charge in [0.25, 0.3) is 5.91 Å². The number of rotatable bonds is 3. The Hall–Kier alpha value is -2.89. The molecule has 0 saturated carbocycles. The highest BCUT2D eigenvalue weighted by molar-refractivity contribution is 6.03. The molecule has 1 N–H and O–H groups in total. The molecule has 3 aromatic rings. The number of nitrogens with zero attached hydrogens (tertiary/aromatic N) is 3. The number of ether oxygens (including phenoxy) is 1. The van der Waals surface area contributed by atoms with Crippen LogP contribution in [0, 0.1) is 0 Å². The van der Waals surface area contributed by atoms with Crippen LogP contribution in [0.15, 0.2) is 42.7 Å². The molecule has 0 fully saturated rings. The third-order valence-corrected chi connectivity index (χ3v) is 3.09. The van der Waals surface area contributed by atoms with Gasteiger partial charge in [0.05, 0.1) is 24.5 Å².